The molecule has 0 radical (unpaired) electrons. The first-order chi connectivity index (χ1) is 8.65. The largest absolute Gasteiger partial charge is 0.299 e. The molecule has 0 N–H and O–H groups in total. The summed E-state index contributed by atoms with van der Waals surface area (Å²) in [5, 5.41) is 0. The van der Waals surface area contributed by atoms with E-state index in [9.17, 15) is 4.79 Å². The second kappa shape index (κ2) is 6.42. The van der Waals surface area contributed by atoms with Gasteiger partial charge in [-0.15, -0.1) is 0 Å². The maximum absolute atomic E-state index is 11.5. The van der Waals surface area contributed by atoms with E-state index in [0.717, 1.165) is 37.2 Å². The van der Waals surface area contributed by atoms with Crippen LogP contribution in [-0.4, -0.2) is 11.5 Å². The molecule has 0 aliphatic heterocycles. The Morgan fingerprint density at radius 2 is 1.94 bits per heavy atom. The molecule has 1 saturated carbocycles. The normalized spacial score (nSPS) is 19.4. The third-order valence-corrected chi connectivity index (χ3v) is 4.65. The second-order valence-electron chi connectivity index (χ2n) is 5.39. The van der Waals surface area contributed by atoms with Gasteiger partial charge in [0.05, 0.1) is 0 Å². The minimum Gasteiger partial charge on any atom is -0.299 e. The zero-order valence-corrected chi connectivity index (χ0v) is 12.2. The van der Waals surface area contributed by atoms with E-state index in [2.05, 4.69) is 32.0 Å². The molecule has 98 valence electrons. The molecule has 1 aromatic rings. The summed E-state index contributed by atoms with van der Waals surface area (Å²) in [5.41, 5.74) is 4.10. The number of aryl methyl sites for hydroxylation is 2. The molecule has 1 aliphatic rings. The lowest BCUT2D eigenvalue weighted by atomic mass is 10.1. The molecule has 1 aromatic carbocycles. The molecule has 0 heterocycles. The molecule has 18 heavy (non-hydrogen) atoms. The smallest absolute Gasteiger partial charge is 0.136 e. The summed E-state index contributed by atoms with van der Waals surface area (Å²) in [4.78, 5) is 11.5. The topological polar surface area (TPSA) is 17.1 Å². The SMILES string of the molecule is Cc1cc(C)cc(CSCCC2CCCC2=O)c1. The molecule has 0 spiro atoms. The van der Waals surface area contributed by atoms with E-state index < -0.39 is 0 Å². The molecular weight excluding hydrogens is 240 g/mol. The number of hydrogen-bond acceptors (Lipinski definition) is 2. The van der Waals surface area contributed by atoms with Crippen molar-refractivity contribution in [1.29, 1.82) is 0 Å². The van der Waals surface area contributed by atoms with Crippen LogP contribution in [0.4, 0.5) is 0 Å². The van der Waals surface area contributed by atoms with Crippen LogP contribution in [0.1, 0.15) is 42.4 Å². The Balaban J connectivity index is 1.73. The summed E-state index contributed by atoms with van der Waals surface area (Å²) in [6.45, 7) is 4.30. The summed E-state index contributed by atoms with van der Waals surface area (Å²) in [6.07, 6.45) is 4.15. The van der Waals surface area contributed by atoms with Crippen LogP contribution in [0, 0.1) is 19.8 Å². The number of thioether (sulfide) groups is 1. The number of rotatable bonds is 5. The van der Waals surface area contributed by atoms with Gasteiger partial charge in [-0.3, -0.25) is 4.79 Å². The Hall–Kier alpha value is -0.760. The van der Waals surface area contributed by atoms with E-state index in [1.807, 2.05) is 11.8 Å². The van der Waals surface area contributed by atoms with E-state index in [1.165, 1.54) is 16.7 Å². The fourth-order valence-electron chi connectivity index (χ4n) is 2.76. The van der Waals surface area contributed by atoms with Crippen molar-refractivity contribution < 1.29 is 4.79 Å². The maximum atomic E-state index is 11.5. The third kappa shape index (κ3) is 3.88. The number of benzene rings is 1. The highest BCUT2D eigenvalue weighted by atomic mass is 32.2. The molecule has 0 saturated heterocycles. The third-order valence-electron chi connectivity index (χ3n) is 3.59. The summed E-state index contributed by atoms with van der Waals surface area (Å²) in [5.74, 6) is 3.06. The summed E-state index contributed by atoms with van der Waals surface area (Å²) >= 11 is 1.96. The van der Waals surface area contributed by atoms with Crippen molar-refractivity contribution in [3.05, 3.63) is 34.9 Å². The average Bonchev–Trinajstić information content (AvgIpc) is 2.69. The van der Waals surface area contributed by atoms with Crippen LogP contribution in [0.5, 0.6) is 0 Å². The first kappa shape index (κ1) is 13.7. The monoisotopic (exact) mass is 262 g/mol. The van der Waals surface area contributed by atoms with E-state index in [1.54, 1.807) is 0 Å². The maximum Gasteiger partial charge on any atom is 0.136 e. The Kier molecular flexibility index (Phi) is 4.87. The van der Waals surface area contributed by atoms with Crippen LogP contribution in [-0.2, 0) is 10.5 Å². The van der Waals surface area contributed by atoms with Gasteiger partial charge in [-0.05, 0) is 44.4 Å². The molecule has 0 bridgehead atoms. The Labute approximate surface area is 114 Å². The van der Waals surface area contributed by atoms with Gasteiger partial charge in [0.25, 0.3) is 0 Å². The van der Waals surface area contributed by atoms with Gasteiger partial charge in [0.2, 0.25) is 0 Å². The number of carbonyl (C=O) groups is 1. The molecule has 1 aliphatic carbocycles. The first-order valence-electron chi connectivity index (χ1n) is 6.83. The van der Waals surface area contributed by atoms with Gasteiger partial charge in [0.15, 0.2) is 0 Å². The highest BCUT2D eigenvalue weighted by molar-refractivity contribution is 7.98. The molecule has 1 fully saturated rings. The van der Waals surface area contributed by atoms with Crippen molar-refractivity contribution in [2.75, 3.05) is 5.75 Å². The lowest BCUT2D eigenvalue weighted by Gasteiger charge is -2.08. The Morgan fingerprint density at radius 1 is 1.22 bits per heavy atom. The minimum atomic E-state index is 0.372. The van der Waals surface area contributed by atoms with Gasteiger partial charge in [0, 0.05) is 18.1 Å². The first-order valence-corrected chi connectivity index (χ1v) is 7.98. The van der Waals surface area contributed by atoms with Gasteiger partial charge in [-0.2, -0.15) is 11.8 Å². The van der Waals surface area contributed by atoms with Crippen LogP contribution < -0.4 is 0 Å². The summed E-state index contributed by atoms with van der Waals surface area (Å²) < 4.78 is 0. The van der Waals surface area contributed by atoms with E-state index in [0.29, 0.717) is 11.7 Å². The van der Waals surface area contributed by atoms with Crippen LogP contribution in [0.25, 0.3) is 0 Å². The molecule has 0 amide bonds. The summed E-state index contributed by atoms with van der Waals surface area (Å²) in [7, 11) is 0. The van der Waals surface area contributed by atoms with Crippen molar-refractivity contribution in [2.45, 2.75) is 45.3 Å². The zero-order chi connectivity index (χ0) is 13.0. The van der Waals surface area contributed by atoms with Crippen LogP contribution in [0.15, 0.2) is 18.2 Å². The van der Waals surface area contributed by atoms with Crippen LogP contribution in [0.3, 0.4) is 0 Å². The van der Waals surface area contributed by atoms with E-state index >= 15 is 0 Å². The second-order valence-corrected chi connectivity index (χ2v) is 6.50. The van der Waals surface area contributed by atoms with Gasteiger partial charge in [-0.25, -0.2) is 0 Å². The zero-order valence-electron chi connectivity index (χ0n) is 11.4. The predicted octanol–water partition coefficient (Wildman–Crippen LogP) is 4.30. The molecule has 2 rings (SSSR count). The number of ketones is 1. The molecule has 1 atom stereocenters. The van der Waals surface area contributed by atoms with Crippen molar-refractivity contribution in [1.82, 2.24) is 0 Å². The quantitative estimate of drug-likeness (QED) is 0.736. The lowest BCUT2D eigenvalue weighted by Crippen LogP contribution is -2.06. The molecular formula is C16H22OS. The predicted molar refractivity (Wildman–Crippen MR) is 79.0 cm³/mol. The highest BCUT2D eigenvalue weighted by Gasteiger charge is 2.23. The summed E-state index contributed by atoms with van der Waals surface area (Å²) in [6, 6.07) is 6.74. The molecule has 2 heteroatoms. The Bertz CT molecular complexity index is 405. The van der Waals surface area contributed by atoms with Crippen molar-refractivity contribution in [3.8, 4) is 0 Å². The van der Waals surface area contributed by atoms with Crippen LogP contribution in [0.2, 0.25) is 0 Å². The number of hydrogen-bond donors (Lipinski definition) is 0. The van der Waals surface area contributed by atoms with Gasteiger partial charge < -0.3 is 0 Å². The standard InChI is InChI=1S/C16H22OS/c1-12-8-13(2)10-14(9-12)11-18-7-6-15-4-3-5-16(15)17/h8-10,15H,3-7,11H2,1-2H3. The molecule has 0 aromatic heterocycles. The van der Waals surface area contributed by atoms with Gasteiger partial charge in [0.1, 0.15) is 5.78 Å². The highest BCUT2D eigenvalue weighted by Crippen LogP contribution is 2.26. The minimum absolute atomic E-state index is 0.372. The Morgan fingerprint density at radius 3 is 2.56 bits per heavy atom. The molecule has 1 nitrogen and oxygen atoms in total. The molecule has 1 unspecified atom stereocenters. The fraction of sp³-hybridized carbons (Fsp3) is 0.562. The van der Waals surface area contributed by atoms with Gasteiger partial charge >= 0.3 is 0 Å². The van der Waals surface area contributed by atoms with Gasteiger partial charge in [-0.1, -0.05) is 29.3 Å². The average molecular weight is 262 g/mol. The van der Waals surface area contributed by atoms with Crippen LogP contribution >= 0.6 is 11.8 Å². The number of carbonyl (C=O) groups excluding carboxylic acids is 1. The number of Topliss-reactive ketones (excluding diaryl/α,β-unsaturated/α-hetero) is 1. The van der Waals surface area contributed by atoms with Crippen molar-refractivity contribution in [3.63, 3.8) is 0 Å². The fourth-order valence-corrected chi connectivity index (χ4v) is 3.76. The van der Waals surface area contributed by atoms with Crippen molar-refractivity contribution >= 4 is 17.5 Å². The lowest BCUT2D eigenvalue weighted by molar-refractivity contribution is -0.120. The van der Waals surface area contributed by atoms with Crippen molar-refractivity contribution in [2.24, 2.45) is 5.92 Å². The van der Waals surface area contributed by atoms with E-state index in [-0.39, 0.29) is 0 Å². The van der Waals surface area contributed by atoms with E-state index in [4.69, 9.17) is 0 Å².